The minimum absolute atomic E-state index is 0.0260. The van der Waals surface area contributed by atoms with Crippen molar-refractivity contribution in [1.29, 1.82) is 0 Å². The number of methoxy groups -OCH3 is 1. The Morgan fingerprint density at radius 3 is 2.12 bits per heavy atom. The van der Waals surface area contributed by atoms with Crippen LogP contribution in [0.1, 0.15) is 32.9 Å². The second-order valence-corrected chi connectivity index (χ2v) is 8.31. The summed E-state index contributed by atoms with van der Waals surface area (Å²) in [4.78, 5) is 29.1. The third-order valence-electron chi connectivity index (χ3n) is 6.10. The first-order valence-corrected chi connectivity index (χ1v) is 11.3. The van der Waals surface area contributed by atoms with Crippen LogP contribution >= 0.6 is 0 Å². The predicted octanol–water partition coefficient (Wildman–Crippen LogP) is 3.41. The molecule has 1 saturated heterocycles. The van der Waals surface area contributed by atoms with E-state index in [-0.39, 0.29) is 11.8 Å². The SMILES string of the molecule is COc1ccc(C(=O)N2CCN(C(=O)Cc3ccc(OCc4c(C)noc4C)cc3)CC2)cc1. The van der Waals surface area contributed by atoms with Crippen LogP contribution in [0.3, 0.4) is 0 Å². The van der Waals surface area contributed by atoms with Gasteiger partial charge < -0.3 is 23.8 Å². The molecular formula is C26H29N3O5. The largest absolute Gasteiger partial charge is 0.497 e. The van der Waals surface area contributed by atoms with E-state index >= 15 is 0 Å². The molecule has 34 heavy (non-hydrogen) atoms. The number of hydrogen-bond donors (Lipinski definition) is 0. The minimum atomic E-state index is -0.0260. The zero-order valence-corrected chi connectivity index (χ0v) is 19.7. The van der Waals surface area contributed by atoms with Gasteiger partial charge in [0.1, 0.15) is 23.9 Å². The lowest BCUT2D eigenvalue weighted by Gasteiger charge is -2.35. The van der Waals surface area contributed by atoms with Gasteiger partial charge in [0.15, 0.2) is 0 Å². The summed E-state index contributed by atoms with van der Waals surface area (Å²) in [6.45, 7) is 6.23. The van der Waals surface area contributed by atoms with Gasteiger partial charge >= 0.3 is 0 Å². The fourth-order valence-electron chi connectivity index (χ4n) is 3.93. The average molecular weight is 464 g/mol. The molecule has 8 heteroatoms. The second-order valence-electron chi connectivity index (χ2n) is 8.31. The Bertz CT molecular complexity index is 1110. The van der Waals surface area contributed by atoms with Crippen LogP contribution in [0.4, 0.5) is 0 Å². The van der Waals surface area contributed by atoms with E-state index in [1.165, 1.54) is 0 Å². The molecule has 2 heterocycles. The van der Waals surface area contributed by atoms with Crippen LogP contribution in [0, 0.1) is 13.8 Å². The first kappa shape index (κ1) is 23.4. The van der Waals surface area contributed by atoms with Crippen molar-refractivity contribution < 1.29 is 23.6 Å². The van der Waals surface area contributed by atoms with E-state index in [1.807, 2.05) is 43.0 Å². The molecule has 1 fully saturated rings. The van der Waals surface area contributed by atoms with Crippen LogP contribution in [0.25, 0.3) is 0 Å². The molecule has 2 aromatic carbocycles. The molecule has 0 radical (unpaired) electrons. The number of nitrogens with zero attached hydrogens (tertiary/aromatic N) is 3. The van der Waals surface area contributed by atoms with Crippen LogP contribution in [0.5, 0.6) is 11.5 Å². The topological polar surface area (TPSA) is 85.1 Å². The molecule has 0 unspecified atom stereocenters. The Hall–Kier alpha value is -3.81. The van der Waals surface area contributed by atoms with Gasteiger partial charge in [0.2, 0.25) is 5.91 Å². The second kappa shape index (κ2) is 10.4. The van der Waals surface area contributed by atoms with Crippen molar-refractivity contribution in [3.8, 4) is 11.5 Å². The third kappa shape index (κ3) is 5.39. The van der Waals surface area contributed by atoms with Crippen molar-refractivity contribution in [2.24, 2.45) is 0 Å². The van der Waals surface area contributed by atoms with Crippen LogP contribution in [-0.2, 0) is 17.8 Å². The van der Waals surface area contributed by atoms with Gasteiger partial charge in [0, 0.05) is 31.7 Å². The van der Waals surface area contributed by atoms with Crippen molar-refractivity contribution >= 4 is 11.8 Å². The summed E-state index contributed by atoms with van der Waals surface area (Å²) in [5, 5.41) is 3.93. The molecule has 178 valence electrons. The van der Waals surface area contributed by atoms with Gasteiger partial charge in [-0.25, -0.2) is 0 Å². The summed E-state index contributed by atoms with van der Waals surface area (Å²) in [7, 11) is 1.59. The summed E-state index contributed by atoms with van der Waals surface area (Å²) >= 11 is 0. The maximum absolute atomic E-state index is 12.8. The van der Waals surface area contributed by atoms with Gasteiger partial charge in [-0.05, 0) is 55.8 Å². The molecule has 0 aliphatic carbocycles. The van der Waals surface area contributed by atoms with Crippen LogP contribution in [0.2, 0.25) is 0 Å². The maximum Gasteiger partial charge on any atom is 0.253 e. The van der Waals surface area contributed by atoms with E-state index in [9.17, 15) is 9.59 Å². The van der Waals surface area contributed by atoms with Crippen molar-refractivity contribution in [2.75, 3.05) is 33.3 Å². The van der Waals surface area contributed by atoms with Gasteiger partial charge in [-0.3, -0.25) is 9.59 Å². The predicted molar refractivity (Wildman–Crippen MR) is 126 cm³/mol. The maximum atomic E-state index is 12.8. The smallest absolute Gasteiger partial charge is 0.253 e. The summed E-state index contributed by atoms with van der Waals surface area (Å²) < 4.78 is 16.1. The highest BCUT2D eigenvalue weighted by molar-refractivity contribution is 5.94. The highest BCUT2D eigenvalue weighted by Crippen LogP contribution is 2.19. The normalized spacial score (nSPS) is 13.6. The van der Waals surface area contributed by atoms with E-state index in [1.54, 1.807) is 36.3 Å². The van der Waals surface area contributed by atoms with Crippen LogP contribution < -0.4 is 9.47 Å². The number of aryl methyl sites for hydroxylation is 2. The minimum Gasteiger partial charge on any atom is -0.497 e. The highest BCUT2D eigenvalue weighted by Gasteiger charge is 2.25. The van der Waals surface area contributed by atoms with Gasteiger partial charge in [0.05, 0.1) is 24.8 Å². The molecule has 1 aliphatic rings. The van der Waals surface area contributed by atoms with E-state index < -0.39 is 0 Å². The van der Waals surface area contributed by atoms with Crippen LogP contribution in [-0.4, -0.2) is 60.1 Å². The number of carbonyl (C=O) groups is 2. The molecule has 0 N–H and O–H groups in total. The van der Waals surface area contributed by atoms with Crippen molar-refractivity contribution in [3.63, 3.8) is 0 Å². The third-order valence-corrected chi connectivity index (χ3v) is 6.10. The molecule has 8 nitrogen and oxygen atoms in total. The molecule has 2 amide bonds. The Labute approximate surface area is 199 Å². The number of carbonyl (C=O) groups excluding carboxylic acids is 2. The summed E-state index contributed by atoms with van der Waals surface area (Å²) in [5.41, 5.74) is 3.32. The van der Waals surface area contributed by atoms with Crippen molar-refractivity contribution in [2.45, 2.75) is 26.9 Å². The number of ether oxygens (including phenoxy) is 2. The number of benzene rings is 2. The first-order valence-electron chi connectivity index (χ1n) is 11.3. The van der Waals surface area contributed by atoms with Crippen molar-refractivity contribution in [1.82, 2.24) is 15.0 Å². The highest BCUT2D eigenvalue weighted by atomic mass is 16.5. The quantitative estimate of drug-likeness (QED) is 0.534. The van der Waals surface area contributed by atoms with E-state index in [0.717, 1.165) is 28.3 Å². The molecule has 0 bridgehead atoms. The van der Waals surface area contributed by atoms with Crippen molar-refractivity contribution in [3.05, 3.63) is 76.7 Å². The van der Waals surface area contributed by atoms with Gasteiger partial charge in [-0.1, -0.05) is 17.3 Å². The standard InChI is InChI=1S/C26H29N3O5/c1-18-24(19(2)34-27-18)17-33-23-8-4-20(5-9-23)16-25(30)28-12-14-29(15-13-28)26(31)21-6-10-22(32-3)11-7-21/h4-11H,12-17H2,1-3H3. The monoisotopic (exact) mass is 463 g/mol. The lowest BCUT2D eigenvalue weighted by atomic mass is 10.1. The van der Waals surface area contributed by atoms with E-state index in [4.69, 9.17) is 14.0 Å². The van der Waals surface area contributed by atoms with Gasteiger partial charge in [-0.15, -0.1) is 0 Å². The summed E-state index contributed by atoms with van der Waals surface area (Å²) in [6.07, 6.45) is 0.316. The zero-order valence-electron chi connectivity index (χ0n) is 19.7. The van der Waals surface area contributed by atoms with Gasteiger partial charge in [0.25, 0.3) is 5.91 Å². The Balaban J connectivity index is 1.25. The molecule has 0 spiro atoms. The number of hydrogen-bond acceptors (Lipinski definition) is 6. The molecule has 3 aromatic rings. The Kier molecular flexibility index (Phi) is 7.15. The number of rotatable bonds is 7. The number of piperazine rings is 1. The Morgan fingerprint density at radius 2 is 1.53 bits per heavy atom. The average Bonchev–Trinajstić information content (AvgIpc) is 3.20. The fourth-order valence-corrected chi connectivity index (χ4v) is 3.93. The molecule has 1 aliphatic heterocycles. The Morgan fingerprint density at radius 1 is 0.912 bits per heavy atom. The zero-order chi connectivity index (χ0) is 24.1. The lowest BCUT2D eigenvalue weighted by Crippen LogP contribution is -2.51. The van der Waals surface area contributed by atoms with Gasteiger partial charge in [-0.2, -0.15) is 0 Å². The summed E-state index contributed by atoms with van der Waals surface area (Å²) in [5.74, 6) is 2.22. The molecule has 0 atom stereocenters. The number of aromatic nitrogens is 1. The number of amides is 2. The lowest BCUT2D eigenvalue weighted by molar-refractivity contribution is -0.131. The fraction of sp³-hybridized carbons (Fsp3) is 0.346. The molecule has 1 aromatic heterocycles. The molecule has 4 rings (SSSR count). The van der Waals surface area contributed by atoms with Crippen LogP contribution in [0.15, 0.2) is 53.1 Å². The van der Waals surface area contributed by atoms with E-state index in [0.29, 0.717) is 50.5 Å². The first-order chi connectivity index (χ1) is 16.4. The molecule has 0 saturated carbocycles. The summed E-state index contributed by atoms with van der Waals surface area (Å²) in [6, 6.07) is 14.6. The van der Waals surface area contributed by atoms with E-state index in [2.05, 4.69) is 5.16 Å². The molecular weight excluding hydrogens is 434 g/mol.